The third-order valence-electron chi connectivity index (χ3n) is 2.89. The molecule has 2 atom stereocenters. The molecule has 0 saturated carbocycles. The molecule has 1 aliphatic heterocycles. The standard InChI is InChI=1S/C11H22N2O3/c1-11(4-3-5-16-8-11)13-10(14)6-9(7-12)15-2/h9H,3-8,12H2,1-2H3,(H,13,14). The van der Waals surface area contributed by atoms with Crippen LogP contribution in [0.1, 0.15) is 26.2 Å². The monoisotopic (exact) mass is 230 g/mol. The Balaban J connectivity index is 2.37. The zero-order valence-electron chi connectivity index (χ0n) is 10.1. The van der Waals surface area contributed by atoms with E-state index in [0.717, 1.165) is 19.4 Å². The van der Waals surface area contributed by atoms with Gasteiger partial charge in [0.15, 0.2) is 0 Å². The van der Waals surface area contributed by atoms with Crippen molar-refractivity contribution in [1.29, 1.82) is 0 Å². The van der Waals surface area contributed by atoms with Gasteiger partial charge in [0, 0.05) is 20.3 Å². The smallest absolute Gasteiger partial charge is 0.223 e. The molecule has 1 heterocycles. The normalized spacial score (nSPS) is 27.4. The van der Waals surface area contributed by atoms with Crippen molar-refractivity contribution in [1.82, 2.24) is 5.32 Å². The summed E-state index contributed by atoms with van der Waals surface area (Å²) < 4.78 is 10.4. The highest BCUT2D eigenvalue weighted by atomic mass is 16.5. The maximum Gasteiger partial charge on any atom is 0.223 e. The second kappa shape index (κ2) is 6.18. The van der Waals surface area contributed by atoms with Gasteiger partial charge in [0.05, 0.1) is 24.7 Å². The number of hydrogen-bond acceptors (Lipinski definition) is 4. The summed E-state index contributed by atoms with van der Waals surface area (Å²) in [5.74, 6) is -0.0229. The van der Waals surface area contributed by atoms with Gasteiger partial charge in [0.2, 0.25) is 5.91 Å². The average Bonchev–Trinajstić information content (AvgIpc) is 2.26. The third kappa shape index (κ3) is 4.08. The van der Waals surface area contributed by atoms with E-state index in [0.29, 0.717) is 19.6 Å². The highest BCUT2D eigenvalue weighted by Crippen LogP contribution is 2.18. The van der Waals surface area contributed by atoms with Gasteiger partial charge in [-0.1, -0.05) is 0 Å². The molecule has 5 nitrogen and oxygen atoms in total. The Labute approximate surface area is 96.7 Å². The van der Waals surface area contributed by atoms with Crippen molar-refractivity contribution in [2.24, 2.45) is 5.73 Å². The molecule has 3 N–H and O–H groups in total. The van der Waals surface area contributed by atoms with Crippen LogP contribution in [-0.4, -0.2) is 44.4 Å². The molecule has 0 radical (unpaired) electrons. The van der Waals surface area contributed by atoms with Gasteiger partial charge in [-0.15, -0.1) is 0 Å². The Kier molecular flexibility index (Phi) is 5.18. The number of rotatable bonds is 5. The van der Waals surface area contributed by atoms with E-state index in [9.17, 15) is 4.79 Å². The lowest BCUT2D eigenvalue weighted by Crippen LogP contribution is -2.52. The number of carbonyl (C=O) groups is 1. The van der Waals surface area contributed by atoms with Gasteiger partial charge < -0.3 is 20.5 Å². The fourth-order valence-electron chi connectivity index (χ4n) is 1.89. The molecule has 16 heavy (non-hydrogen) atoms. The second-order valence-electron chi connectivity index (χ2n) is 4.56. The topological polar surface area (TPSA) is 73.6 Å². The quantitative estimate of drug-likeness (QED) is 0.699. The number of nitrogens with two attached hydrogens (primary N) is 1. The van der Waals surface area contributed by atoms with Crippen molar-refractivity contribution < 1.29 is 14.3 Å². The Morgan fingerprint density at radius 3 is 2.94 bits per heavy atom. The van der Waals surface area contributed by atoms with Crippen molar-refractivity contribution in [3.63, 3.8) is 0 Å². The predicted octanol–water partition coefficient (Wildman–Crippen LogP) is 0.0355. The van der Waals surface area contributed by atoms with E-state index in [4.69, 9.17) is 15.2 Å². The number of ether oxygens (including phenoxy) is 2. The van der Waals surface area contributed by atoms with E-state index in [2.05, 4.69) is 5.32 Å². The largest absolute Gasteiger partial charge is 0.380 e. The molecule has 0 bridgehead atoms. The molecule has 1 aliphatic rings. The van der Waals surface area contributed by atoms with Crippen LogP contribution < -0.4 is 11.1 Å². The predicted molar refractivity (Wildman–Crippen MR) is 61.1 cm³/mol. The number of amides is 1. The molecule has 1 rings (SSSR count). The number of hydrogen-bond donors (Lipinski definition) is 2. The van der Waals surface area contributed by atoms with Gasteiger partial charge >= 0.3 is 0 Å². The van der Waals surface area contributed by atoms with Gasteiger partial charge in [0.25, 0.3) is 0 Å². The molecule has 2 unspecified atom stereocenters. The summed E-state index contributed by atoms with van der Waals surface area (Å²) in [6.45, 7) is 3.74. The summed E-state index contributed by atoms with van der Waals surface area (Å²) in [7, 11) is 1.57. The first-order valence-electron chi connectivity index (χ1n) is 5.71. The molecule has 0 spiro atoms. The van der Waals surface area contributed by atoms with Crippen LogP contribution in [0.15, 0.2) is 0 Å². The lowest BCUT2D eigenvalue weighted by Gasteiger charge is -2.34. The summed E-state index contributed by atoms with van der Waals surface area (Å²) in [4.78, 5) is 11.7. The molecule has 0 aromatic heterocycles. The first kappa shape index (κ1) is 13.4. The Bertz CT molecular complexity index is 223. The third-order valence-corrected chi connectivity index (χ3v) is 2.89. The maximum atomic E-state index is 11.7. The van der Waals surface area contributed by atoms with Crippen LogP contribution in [0.4, 0.5) is 0 Å². The van der Waals surface area contributed by atoms with Crippen molar-refractivity contribution in [2.45, 2.75) is 37.8 Å². The van der Waals surface area contributed by atoms with Crippen molar-refractivity contribution in [3.05, 3.63) is 0 Å². The summed E-state index contributed by atoms with van der Waals surface area (Å²) >= 11 is 0. The molecule has 1 fully saturated rings. The van der Waals surface area contributed by atoms with E-state index < -0.39 is 0 Å². The second-order valence-corrected chi connectivity index (χ2v) is 4.56. The summed E-state index contributed by atoms with van der Waals surface area (Å²) in [5.41, 5.74) is 5.23. The number of carbonyl (C=O) groups excluding carboxylic acids is 1. The first-order chi connectivity index (χ1) is 7.59. The Hall–Kier alpha value is -0.650. The van der Waals surface area contributed by atoms with Gasteiger partial charge in [0.1, 0.15) is 0 Å². The van der Waals surface area contributed by atoms with E-state index >= 15 is 0 Å². The van der Waals surface area contributed by atoms with Crippen LogP contribution in [0, 0.1) is 0 Å². The van der Waals surface area contributed by atoms with Crippen LogP contribution >= 0.6 is 0 Å². The summed E-state index contributed by atoms with van der Waals surface area (Å²) in [6.07, 6.45) is 2.05. The lowest BCUT2D eigenvalue weighted by atomic mass is 9.94. The fraction of sp³-hybridized carbons (Fsp3) is 0.909. The van der Waals surface area contributed by atoms with E-state index in [-0.39, 0.29) is 17.6 Å². The molecule has 0 aromatic carbocycles. The summed E-state index contributed by atoms with van der Waals surface area (Å²) in [5, 5.41) is 2.99. The molecule has 94 valence electrons. The van der Waals surface area contributed by atoms with Crippen LogP contribution in [0.2, 0.25) is 0 Å². The SMILES string of the molecule is COC(CN)CC(=O)NC1(C)CCCOC1. The molecule has 0 aliphatic carbocycles. The number of nitrogens with one attached hydrogen (secondary N) is 1. The highest BCUT2D eigenvalue weighted by Gasteiger charge is 2.29. The van der Waals surface area contributed by atoms with Crippen LogP contribution in [0.3, 0.4) is 0 Å². The maximum absolute atomic E-state index is 11.7. The van der Waals surface area contributed by atoms with Crippen molar-refractivity contribution in [2.75, 3.05) is 26.9 Å². The van der Waals surface area contributed by atoms with Gasteiger partial charge in [-0.2, -0.15) is 0 Å². The van der Waals surface area contributed by atoms with Crippen molar-refractivity contribution >= 4 is 5.91 Å². The van der Waals surface area contributed by atoms with E-state index in [1.165, 1.54) is 0 Å². The molecular formula is C11H22N2O3. The average molecular weight is 230 g/mol. The molecule has 5 heteroatoms. The first-order valence-corrected chi connectivity index (χ1v) is 5.71. The van der Waals surface area contributed by atoms with E-state index in [1.54, 1.807) is 7.11 Å². The van der Waals surface area contributed by atoms with Crippen LogP contribution in [0.25, 0.3) is 0 Å². The van der Waals surface area contributed by atoms with Gasteiger partial charge in [-0.3, -0.25) is 4.79 Å². The Morgan fingerprint density at radius 1 is 1.69 bits per heavy atom. The van der Waals surface area contributed by atoms with Gasteiger partial charge in [-0.05, 0) is 19.8 Å². The number of methoxy groups -OCH3 is 1. The lowest BCUT2D eigenvalue weighted by molar-refractivity contribution is -0.126. The summed E-state index contributed by atoms with van der Waals surface area (Å²) in [6, 6.07) is 0. The van der Waals surface area contributed by atoms with E-state index in [1.807, 2.05) is 6.92 Å². The van der Waals surface area contributed by atoms with Crippen LogP contribution in [-0.2, 0) is 14.3 Å². The van der Waals surface area contributed by atoms with Crippen molar-refractivity contribution in [3.8, 4) is 0 Å². The van der Waals surface area contributed by atoms with Gasteiger partial charge in [-0.25, -0.2) is 0 Å². The minimum Gasteiger partial charge on any atom is -0.380 e. The minimum absolute atomic E-state index is 0.0229. The minimum atomic E-state index is -0.234. The molecule has 1 amide bonds. The Morgan fingerprint density at radius 2 is 2.44 bits per heavy atom. The fourth-order valence-corrected chi connectivity index (χ4v) is 1.89. The molecular weight excluding hydrogens is 208 g/mol. The molecule has 0 aromatic rings. The highest BCUT2D eigenvalue weighted by molar-refractivity contribution is 5.77. The zero-order valence-corrected chi connectivity index (χ0v) is 10.1. The molecule has 1 saturated heterocycles. The zero-order chi connectivity index (χ0) is 12.0. The van der Waals surface area contributed by atoms with Crippen LogP contribution in [0.5, 0.6) is 0 Å².